The van der Waals surface area contributed by atoms with Crippen LogP contribution < -0.4 is 10.1 Å². The minimum absolute atomic E-state index is 0.508. The molecule has 23 heavy (non-hydrogen) atoms. The maximum atomic E-state index is 5.22. The van der Waals surface area contributed by atoms with Gasteiger partial charge in [-0.2, -0.15) is 14.6 Å². The fourth-order valence-electron chi connectivity index (χ4n) is 3.10. The summed E-state index contributed by atoms with van der Waals surface area (Å²) in [4.78, 5) is 8.85. The molecule has 2 aromatic heterocycles. The van der Waals surface area contributed by atoms with Gasteiger partial charge in [-0.3, -0.25) is 0 Å². The van der Waals surface area contributed by atoms with Crippen molar-refractivity contribution in [2.45, 2.75) is 31.7 Å². The van der Waals surface area contributed by atoms with E-state index in [2.05, 4.69) is 20.4 Å². The van der Waals surface area contributed by atoms with Crippen molar-refractivity contribution < 1.29 is 4.74 Å². The van der Waals surface area contributed by atoms with Gasteiger partial charge in [0.25, 0.3) is 5.78 Å². The van der Waals surface area contributed by atoms with Gasteiger partial charge in [0.15, 0.2) is 0 Å². The molecule has 0 bridgehead atoms. The molecule has 6 nitrogen and oxygen atoms in total. The zero-order valence-electron chi connectivity index (χ0n) is 13.1. The molecule has 0 aliphatic heterocycles. The minimum Gasteiger partial charge on any atom is -0.497 e. The summed E-state index contributed by atoms with van der Waals surface area (Å²) in [5.41, 5.74) is 1.92. The summed E-state index contributed by atoms with van der Waals surface area (Å²) in [5.74, 6) is 2.39. The smallest absolute Gasteiger partial charge is 0.254 e. The lowest BCUT2D eigenvalue weighted by molar-refractivity contribution is 0.415. The van der Waals surface area contributed by atoms with Crippen LogP contribution >= 0.6 is 0 Å². The average Bonchev–Trinajstić information content (AvgIpc) is 3.26. The second-order valence-corrected chi connectivity index (χ2v) is 5.85. The first-order valence-electron chi connectivity index (χ1n) is 7.95. The van der Waals surface area contributed by atoms with Gasteiger partial charge >= 0.3 is 0 Å². The van der Waals surface area contributed by atoms with Gasteiger partial charge in [-0.05, 0) is 37.1 Å². The molecule has 0 unspecified atom stereocenters. The van der Waals surface area contributed by atoms with Crippen LogP contribution in [0.15, 0.2) is 36.7 Å². The van der Waals surface area contributed by atoms with E-state index in [-0.39, 0.29) is 0 Å². The van der Waals surface area contributed by atoms with Crippen LogP contribution in [0.4, 0.5) is 5.82 Å². The van der Waals surface area contributed by atoms with Crippen molar-refractivity contribution in [2.75, 3.05) is 12.4 Å². The van der Waals surface area contributed by atoms with Crippen molar-refractivity contribution in [1.82, 2.24) is 19.6 Å². The summed E-state index contributed by atoms with van der Waals surface area (Å²) < 4.78 is 6.99. The third-order valence-corrected chi connectivity index (χ3v) is 4.34. The molecule has 0 saturated heterocycles. The third-order valence-electron chi connectivity index (χ3n) is 4.34. The van der Waals surface area contributed by atoms with Gasteiger partial charge < -0.3 is 10.1 Å². The number of hydrogen-bond donors (Lipinski definition) is 1. The molecule has 1 aliphatic rings. The van der Waals surface area contributed by atoms with Crippen LogP contribution in [0.5, 0.6) is 5.75 Å². The van der Waals surface area contributed by atoms with Crippen LogP contribution in [0, 0.1) is 0 Å². The predicted molar refractivity (Wildman–Crippen MR) is 88.6 cm³/mol. The fourth-order valence-corrected chi connectivity index (χ4v) is 3.10. The summed E-state index contributed by atoms with van der Waals surface area (Å²) in [5, 5.41) is 7.88. The summed E-state index contributed by atoms with van der Waals surface area (Å²) >= 11 is 0. The standard InChI is InChI=1S/C17H19N5O/c1-23-14-8-6-12(7-9-14)15-10-16(20-13-4-2-3-5-13)22-17(21-15)18-11-19-22/h6-11,13,20H,2-5H2,1H3. The van der Waals surface area contributed by atoms with E-state index in [1.807, 2.05) is 30.3 Å². The number of hydrogen-bond acceptors (Lipinski definition) is 5. The van der Waals surface area contributed by atoms with Gasteiger partial charge in [0.2, 0.25) is 0 Å². The van der Waals surface area contributed by atoms with E-state index in [0.717, 1.165) is 22.8 Å². The number of nitrogens with one attached hydrogen (secondary N) is 1. The Bertz CT molecular complexity index is 805. The lowest BCUT2D eigenvalue weighted by Gasteiger charge is -2.15. The Labute approximate surface area is 134 Å². The van der Waals surface area contributed by atoms with Crippen molar-refractivity contribution in [2.24, 2.45) is 0 Å². The number of nitrogens with zero attached hydrogens (tertiary/aromatic N) is 4. The highest BCUT2D eigenvalue weighted by molar-refractivity contribution is 5.66. The molecule has 0 spiro atoms. The molecule has 0 amide bonds. The Morgan fingerprint density at radius 3 is 2.70 bits per heavy atom. The van der Waals surface area contributed by atoms with Crippen LogP contribution in [-0.4, -0.2) is 32.7 Å². The molecular formula is C17H19N5O. The Balaban J connectivity index is 1.74. The van der Waals surface area contributed by atoms with Crippen molar-refractivity contribution in [3.63, 3.8) is 0 Å². The minimum atomic E-state index is 0.508. The number of fused-ring (bicyclic) bond motifs is 1. The van der Waals surface area contributed by atoms with E-state index in [4.69, 9.17) is 4.74 Å². The van der Waals surface area contributed by atoms with E-state index in [1.165, 1.54) is 25.7 Å². The SMILES string of the molecule is COc1ccc(-c2cc(NC3CCCC3)n3ncnc3n2)cc1. The van der Waals surface area contributed by atoms with Crippen LogP contribution in [0.1, 0.15) is 25.7 Å². The van der Waals surface area contributed by atoms with Crippen molar-refractivity contribution >= 4 is 11.6 Å². The Kier molecular flexibility index (Phi) is 3.57. The van der Waals surface area contributed by atoms with Crippen molar-refractivity contribution in [3.8, 4) is 17.0 Å². The maximum absolute atomic E-state index is 5.22. The summed E-state index contributed by atoms with van der Waals surface area (Å²) in [6.07, 6.45) is 6.52. The molecule has 0 radical (unpaired) electrons. The van der Waals surface area contributed by atoms with Gasteiger partial charge in [0, 0.05) is 17.7 Å². The molecule has 1 aromatic carbocycles. The van der Waals surface area contributed by atoms with Gasteiger partial charge in [-0.1, -0.05) is 12.8 Å². The molecule has 0 atom stereocenters. The highest BCUT2D eigenvalue weighted by Crippen LogP contribution is 2.26. The number of ether oxygens (including phenoxy) is 1. The molecule has 6 heteroatoms. The monoisotopic (exact) mass is 309 g/mol. The molecule has 2 heterocycles. The first kappa shape index (κ1) is 14.0. The lowest BCUT2D eigenvalue weighted by Crippen LogP contribution is -2.17. The molecule has 1 saturated carbocycles. The van der Waals surface area contributed by atoms with Crippen molar-refractivity contribution in [1.29, 1.82) is 0 Å². The Morgan fingerprint density at radius 1 is 1.17 bits per heavy atom. The first-order chi connectivity index (χ1) is 11.3. The quantitative estimate of drug-likeness (QED) is 0.802. The highest BCUT2D eigenvalue weighted by Gasteiger charge is 2.17. The second-order valence-electron chi connectivity index (χ2n) is 5.85. The zero-order valence-corrected chi connectivity index (χ0v) is 13.1. The van der Waals surface area contributed by atoms with Gasteiger partial charge in [0.1, 0.15) is 17.9 Å². The predicted octanol–water partition coefficient (Wildman–Crippen LogP) is 3.15. The highest BCUT2D eigenvalue weighted by atomic mass is 16.5. The fraction of sp³-hybridized carbons (Fsp3) is 0.353. The average molecular weight is 309 g/mol. The molecule has 1 N–H and O–H groups in total. The normalized spacial score (nSPS) is 15.2. The Hall–Kier alpha value is -2.63. The molecule has 3 aromatic rings. The number of anilines is 1. The molecular weight excluding hydrogens is 290 g/mol. The largest absolute Gasteiger partial charge is 0.497 e. The number of methoxy groups -OCH3 is 1. The molecule has 1 aliphatic carbocycles. The van der Waals surface area contributed by atoms with Gasteiger partial charge in [-0.25, -0.2) is 4.98 Å². The van der Waals surface area contributed by atoms with Crippen LogP contribution in [0.2, 0.25) is 0 Å². The van der Waals surface area contributed by atoms with Crippen LogP contribution in [-0.2, 0) is 0 Å². The van der Waals surface area contributed by atoms with Crippen LogP contribution in [0.25, 0.3) is 17.0 Å². The van der Waals surface area contributed by atoms with Gasteiger partial charge in [0.05, 0.1) is 12.8 Å². The topological polar surface area (TPSA) is 64.3 Å². The van der Waals surface area contributed by atoms with Crippen molar-refractivity contribution in [3.05, 3.63) is 36.7 Å². The number of rotatable bonds is 4. The maximum Gasteiger partial charge on any atom is 0.254 e. The Morgan fingerprint density at radius 2 is 1.96 bits per heavy atom. The van der Waals surface area contributed by atoms with E-state index in [9.17, 15) is 0 Å². The first-order valence-corrected chi connectivity index (χ1v) is 7.95. The third kappa shape index (κ3) is 2.72. The van der Waals surface area contributed by atoms with E-state index < -0.39 is 0 Å². The van der Waals surface area contributed by atoms with Crippen LogP contribution in [0.3, 0.4) is 0 Å². The summed E-state index contributed by atoms with van der Waals surface area (Å²) in [6, 6.07) is 10.4. The van der Waals surface area contributed by atoms with E-state index in [0.29, 0.717) is 11.8 Å². The van der Waals surface area contributed by atoms with E-state index >= 15 is 0 Å². The zero-order chi connectivity index (χ0) is 15.6. The summed E-state index contributed by atoms with van der Waals surface area (Å²) in [6.45, 7) is 0. The number of benzene rings is 1. The molecule has 1 fully saturated rings. The lowest BCUT2D eigenvalue weighted by atomic mass is 10.1. The number of aromatic nitrogens is 4. The molecule has 4 rings (SSSR count). The second kappa shape index (κ2) is 5.87. The van der Waals surface area contributed by atoms with Gasteiger partial charge in [-0.15, -0.1) is 0 Å². The molecule has 118 valence electrons. The van der Waals surface area contributed by atoms with E-state index in [1.54, 1.807) is 18.0 Å². The summed E-state index contributed by atoms with van der Waals surface area (Å²) in [7, 11) is 1.67.